The first-order valence-corrected chi connectivity index (χ1v) is 6.71. The molecule has 2 rings (SSSR count). The van der Waals surface area contributed by atoms with Gasteiger partial charge in [-0.1, -0.05) is 12.1 Å². The summed E-state index contributed by atoms with van der Waals surface area (Å²) in [6.07, 6.45) is -4.38. The molecule has 0 fully saturated rings. The molecular weight excluding hydrogens is 295 g/mol. The minimum Gasteiger partial charge on any atom is -0.494 e. The molecule has 0 bridgehead atoms. The first kappa shape index (κ1) is 16.0. The van der Waals surface area contributed by atoms with E-state index in [0.717, 1.165) is 5.56 Å². The van der Waals surface area contributed by atoms with Crippen LogP contribution in [0.2, 0.25) is 0 Å². The third kappa shape index (κ3) is 4.31. The molecule has 22 heavy (non-hydrogen) atoms. The van der Waals surface area contributed by atoms with E-state index in [1.807, 2.05) is 31.2 Å². The molecule has 6 heteroatoms. The molecule has 2 aromatic rings. The van der Waals surface area contributed by atoms with E-state index in [-0.39, 0.29) is 5.75 Å². The zero-order valence-corrected chi connectivity index (χ0v) is 12.0. The lowest BCUT2D eigenvalue weighted by molar-refractivity contribution is -0.153. The number of anilines is 1. The van der Waals surface area contributed by atoms with Gasteiger partial charge >= 0.3 is 6.18 Å². The Kier molecular flexibility index (Phi) is 4.80. The van der Waals surface area contributed by atoms with Crippen molar-refractivity contribution in [2.45, 2.75) is 13.1 Å². The summed E-state index contributed by atoms with van der Waals surface area (Å²) in [5, 5.41) is 0. The predicted molar refractivity (Wildman–Crippen MR) is 79.0 cm³/mol. The quantitative estimate of drug-likeness (QED) is 0.838. The molecule has 0 atom stereocenters. The number of nitrogens with two attached hydrogens (primary N) is 1. The standard InChI is InChI=1S/C16H16F3NO2/c1-2-21-12-5-3-4-11(8-12)14-7-6-13(9-15(14)20)22-10-16(17,18)19/h3-9H,2,10,20H2,1H3. The number of hydrogen-bond donors (Lipinski definition) is 1. The zero-order valence-electron chi connectivity index (χ0n) is 12.0. The van der Waals surface area contributed by atoms with Gasteiger partial charge in [-0.3, -0.25) is 0 Å². The Bertz CT molecular complexity index is 642. The SMILES string of the molecule is CCOc1cccc(-c2ccc(OCC(F)(F)F)cc2N)c1. The second-order valence-electron chi connectivity index (χ2n) is 4.61. The fourth-order valence-corrected chi connectivity index (χ4v) is 1.98. The van der Waals surface area contributed by atoms with Crippen LogP contribution in [0.5, 0.6) is 11.5 Å². The average molecular weight is 311 g/mol. The third-order valence-corrected chi connectivity index (χ3v) is 2.88. The molecule has 0 aliphatic heterocycles. The summed E-state index contributed by atoms with van der Waals surface area (Å²) in [5.74, 6) is 0.788. The fraction of sp³-hybridized carbons (Fsp3) is 0.250. The Morgan fingerprint density at radius 1 is 1.00 bits per heavy atom. The van der Waals surface area contributed by atoms with Gasteiger partial charge in [-0.2, -0.15) is 13.2 Å². The van der Waals surface area contributed by atoms with Gasteiger partial charge in [0, 0.05) is 17.3 Å². The maximum atomic E-state index is 12.1. The normalized spacial score (nSPS) is 11.3. The highest BCUT2D eigenvalue weighted by Gasteiger charge is 2.28. The first-order chi connectivity index (χ1) is 10.4. The molecule has 0 heterocycles. The number of alkyl halides is 3. The fourth-order valence-electron chi connectivity index (χ4n) is 1.98. The lowest BCUT2D eigenvalue weighted by Gasteiger charge is -2.12. The molecule has 118 valence electrons. The van der Waals surface area contributed by atoms with Crippen LogP contribution in [0.4, 0.5) is 18.9 Å². The smallest absolute Gasteiger partial charge is 0.422 e. The van der Waals surface area contributed by atoms with E-state index in [9.17, 15) is 13.2 Å². The Morgan fingerprint density at radius 2 is 1.73 bits per heavy atom. The minimum absolute atomic E-state index is 0.0829. The van der Waals surface area contributed by atoms with Gasteiger partial charge in [0.25, 0.3) is 0 Å². The summed E-state index contributed by atoms with van der Waals surface area (Å²) in [6.45, 7) is 1.09. The van der Waals surface area contributed by atoms with Crippen molar-refractivity contribution in [2.24, 2.45) is 0 Å². The molecule has 0 aliphatic carbocycles. The number of halogens is 3. The van der Waals surface area contributed by atoms with E-state index in [1.54, 1.807) is 6.07 Å². The molecule has 2 aromatic carbocycles. The third-order valence-electron chi connectivity index (χ3n) is 2.88. The molecule has 0 aromatic heterocycles. The van der Waals surface area contributed by atoms with E-state index < -0.39 is 12.8 Å². The molecule has 0 spiro atoms. The summed E-state index contributed by atoms with van der Waals surface area (Å²) in [4.78, 5) is 0. The second kappa shape index (κ2) is 6.60. The van der Waals surface area contributed by atoms with Crippen LogP contribution in [0.1, 0.15) is 6.92 Å². The van der Waals surface area contributed by atoms with Crippen LogP contribution in [0.3, 0.4) is 0 Å². The number of hydrogen-bond acceptors (Lipinski definition) is 3. The number of rotatable bonds is 5. The Labute approximate surface area is 126 Å². The van der Waals surface area contributed by atoms with E-state index >= 15 is 0 Å². The Hall–Kier alpha value is -2.37. The highest BCUT2D eigenvalue weighted by Crippen LogP contribution is 2.32. The zero-order chi connectivity index (χ0) is 16.2. The molecule has 0 amide bonds. The van der Waals surface area contributed by atoms with Crippen molar-refractivity contribution in [3.63, 3.8) is 0 Å². The van der Waals surface area contributed by atoms with Crippen molar-refractivity contribution in [1.82, 2.24) is 0 Å². The van der Waals surface area contributed by atoms with Gasteiger partial charge < -0.3 is 15.2 Å². The van der Waals surface area contributed by atoms with E-state index in [4.69, 9.17) is 10.5 Å². The van der Waals surface area contributed by atoms with Gasteiger partial charge in [-0.15, -0.1) is 0 Å². The van der Waals surface area contributed by atoms with Crippen LogP contribution in [0.15, 0.2) is 42.5 Å². The second-order valence-corrected chi connectivity index (χ2v) is 4.61. The number of nitrogen functional groups attached to an aromatic ring is 1. The van der Waals surface area contributed by atoms with Crippen molar-refractivity contribution < 1.29 is 22.6 Å². The summed E-state index contributed by atoms with van der Waals surface area (Å²) < 4.78 is 46.5. The lowest BCUT2D eigenvalue weighted by atomic mass is 10.0. The van der Waals surface area contributed by atoms with Gasteiger partial charge in [-0.25, -0.2) is 0 Å². The highest BCUT2D eigenvalue weighted by molar-refractivity contribution is 5.78. The summed E-state index contributed by atoms with van der Waals surface area (Å²) in [7, 11) is 0. The van der Waals surface area contributed by atoms with Crippen molar-refractivity contribution >= 4 is 5.69 Å². The van der Waals surface area contributed by atoms with Crippen LogP contribution >= 0.6 is 0 Å². The van der Waals surface area contributed by atoms with E-state index in [2.05, 4.69) is 4.74 Å². The summed E-state index contributed by atoms with van der Waals surface area (Å²) in [5.41, 5.74) is 7.79. The molecular formula is C16H16F3NO2. The Balaban J connectivity index is 2.20. The number of benzene rings is 2. The van der Waals surface area contributed by atoms with Crippen LogP contribution in [0, 0.1) is 0 Å². The topological polar surface area (TPSA) is 44.5 Å². The monoisotopic (exact) mass is 311 g/mol. The average Bonchev–Trinajstić information content (AvgIpc) is 2.45. The molecule has 0 saturated heterocycles. The molecule has 2 N–H and O–H groups in total. The molecule has 3 nitrogen and oxygen atoms in total. The maximum Gasteiger partial charge on any atom is 0.422 e. The van der Waals surface area contributed by atoms with Gasteiger partial charge in [0.1, 0.15) is 11.5 Å². The van der Waals surface area contributed by atoms with Crippen molar-refractivity contribution in [3.05, 3.63) is 42.5 Å². The lowest BCUT2D eigenvalue weighted by Crippen LogP contribution is -2.19. The van der Waals surface area contributed by atoms with Crippen LogP contribution in [-0.4, -0.2) is 19.4 Å². The van der Waals surface area contributed by atoms with Gasteiger partial charge in [0.2, 0.25) is 0 Å². The largest absolute Gasteiger partial charge is 0.494 e. The number of ether oxygens (including phenoxy) is 2. The first-order valence-electron chi connectivity index (χ1n) is 6.71. The van der Waals surface area contributed by atoms with Gasteiger partial charge in [0.05, 0.1) is 6.61 Å². The minimum atomic E-state index is -4.38. The van der Waals surface area contributed by atoms with Crippen molar-refractivity contribution in [1.29, 1.82) is 0 Å². The summed E-state index contributed by atoms with van der Waals surface area (Å²) in [6, 6.07) is 11.8. The maximum absolute atomic E-state index is 12.1. The Morgan fingerprint density at radius 3 is 2.36 bits per heavy atom. The van der Waals surface area contributed by atoms with E-state index in [0.29, 0.717) is 23.6 Å². The van der Waals surface area contributed by atoms with Crippen LogP contribution in [0.25, 0.3) is 11.1 Å². The van der Waals surface area contributed by atoms with Crippen LogP contribution in [-0.2, 0) is 0 Å². The predicted octanol–water partition coefficient (Wildman–Crippen LogP) is 4.28. The van der Waals surface area contributed by atoms with Gasteiger partial charge in [0.15, 0.2) is 6.61 Å². The van der Waals surface area contributed by atoms with Crippen LogP contribution < -0.4 is 15.2 Å². The van der Waals surface area contributed by atoms with Crippen molar-refractivity contribution in [2.75, 3.05) is 18.9 Å². The van der Waals surface area contributed by atoms with Crippen molar-refractivity contribution in [3.8, 4) is 22.6 Å². The van der Waals surface area contributed by atoms with Gasteiger partial charge in [-0.05, 0) is 36.8 Å². The molecule has 0 aliphatic rings. The molecule has 0 saturated carbocycles. The highest BCUT2D eigenvalue weighted by atomic mass is 19.4. The molecule has 0 unspecified atom stereocenters. The van der Waals surface area contributed by atoms with E-state index in [1.165, 1.54) is 12.1 Å². The molecule has 0 radical (unpaired) electrons. The summed E-state index contributed by atoms with van der Waals surface area (Å²) >= 11 is 0.